The number of allylic oxidation sites excluding steroid dienone is 1. The Morgan fingerprint density at radius 1 is 1.21 bits per heavy atom. The van der Waals surface area contributed by atoms with Gasteiger partial charge in [-0.05, 0) is 45.9 Å². The molecule has 1 N–H and O–H groups in total. The lowest BCUT2D eigenvalue weighted by molar-refractivity contribution is 0.154. The predicted molar refractivity (Wildman–Crippen MR) is 139 cm³/mol. The SMILES string of the molecule is C#CC(C)(C)Oc1cc(O)c2c(=O)c3ccc(OC(C)(C)C=C)c(OC/C=C/CBr)c3oc2c1. The first-order valence-electron chi connectivity index (χ1n) is 10.6. The number of fused-ring (bicyclic) bond motifs is 2. The first-order valence-corrected chi connectivity index (χ1v) is 11.7. The van der Waals surface area contributed by atoms with E-state index >= 15 is 0 Å². The summed E-state index contributed by atoms with van der Waals surface area (Å²) in [6, 6.07) is 6.09. The van der Waals surface area contributed by atoms with Crippen molar-refractivity contribution in [3.05, 3.63) is 59.3 Å². The van der Waals surface area contributed by atoms with Crippen LogP contribution in [0, 0.1) is 12.3 Å². The van der Waals surface area contributed by atoms with Gasteiger partial charge in [0.2, 0.25) is 11.2 Å². The number of rotatable bonds is 9. The van der Waals surface area contributed by atoms with Crippen LogP contribution >= 0.6 is 15.9 Å². The summed E-state index contributed by atoms with van der Waals surface area (Å²) in [5.41, 5.74) is -1.72. The van der Waals surface area contributed by atoms with Crippen molar-refractivity contribution >= 4 is 37.9 Å². The van der Waals surface area contributed by atoms with Crippen molar-refractivity contribution in [3.8, 4) is 35.3 Å². The van der Waals surface area contributed by atoms with E-state index in [1.54, 1.807) is 32.1 Å². The highest BCUT2D eigenvalue weighted by atomic mass is 79.9. The molecule has 0 radical (unpaired) electrons. The van der Waals surface area contributed by atoms with E-state index in [2.05, 4.69) is 28.4 Å². The quantitative estimate of drug-likeness (QED) is 0.157. The molecule has 1 aromatic heterocycles. The molecule has 3 aromatic rings. The molecule has 178 valence electrons. The molecule has 2 aromatic carbocycles. The van der Waals surface area contributed by atoms with Gasteiger partial charge in [-0.25, -0.2) is 0 Å². The molecule has 0 spiro atoms. The van der Waals surface area contributed by atoms with E-state index in [0.29, 0.717) is 11.1 Å². The molecule has 0 aliphatic heterocycles. The average Bonchev–Trinajstić information content (AvgIpc) is 2.77. The van der Waals surface area contributed by atoms with Gasteiger partial charge in [-0.2, -0.15) is 0 Å². The fraction of sp³-hybridized carbons (Fsp3) is 0.296. The summed E-state index contributed by atoms with van der Waals surface area (Å²) in [4.78, 5) is 13.3. The molecule has 0 amide bonds. The number of hydrogen-bond acceptors (Lipinski definition) is 6. The van der Waals surface area contributed by atoms with Crippen LogP contribution in [0.25, 0.3) is 21.9 Å². The van der Waals surface area contributed by atoms with E-state index in [-0.39, 0.29) is 45.8 Å². The van der Waals surface area contributed by atoms with Crippen molar-refractivity contribution in [2.45, 2.75) is 38.9 Å². The first-order chi connectivity index (χ1) is 16.0. The molecule has 7 heteroatoms. The molecule has 0 fully saturated rings. The summed E-state index contributed by atoms with van der Waals surface area (Å²) in [6.45, 7) is 11.2. The monoisotopic (exact) mass is 526 g/mol. The van der Waals surface area contributed by atoms with Crippen molar-refractivity contribution in [1.29, 1.82) is 0 Å². The van der Waals surface area contributed by atoms with Gasteiger partial charge in [-0.15, -0.1) is 6.42 Å². The number of aromatic hydroxyl groups is 1. The molecular weight excluding hydrogens is 500 g/mol. The third-order valence-corrected chi connectivity index (χ3v) is 5.35. The van der Waals surface area contributed by atoms with Crippen LogP contribution < -0.4 is 19.6 Å². The van der Waals surface area contributed by atoms with Crippen molar-refractivity contribution < 1.29 is 23.7 Å². The maximum absolute atomic E-state index is 13.3. The topological polar surface area (TPSA) is 78.1 Å². The van der Waals surface area contributed by atoms with E-state index in [9.17, 15) is 9.90 Å². The number of terminal acetylenes is 1. The molecule has 0 bridgehead atoms. The summed E-state index contributed by atoms with van der Waals surface area (Å²) in [6.07, 6.45) is 10.9. The minimum atomic E-state index is -0.926. The number of phenolic OH excluding ortho intramolecular Hbond substituents is 1. The Bertz CT molecular complexity index is 1360. The van der Waals surface area contributed by atoms with Crippen molar-refractivity contribution in [1.82, 2.24) is 0 Å². The maximum atomic E-state index is 13.3. The van der Waals surface area contributed by atoms with Gasteiger partial charge in [0.1, 0.15) is 34.7 Å². The summed E-state index contributed by atoms with van der Waals surface area (Å²) in [7, 11) is 0. The Hall–Kier alpha value is -3.37. The van der Waals surface area contributed by atoms with Gasteiger partial charge < -0.3 is 23.7 Å². The summed E-state index contributed by atoms with van der Waals surface area (Å²) in [5.74, 6) is 3.17. The highest BCUT2D eigenvalue weighted by Crippen LogP contribution is 2.40. The highest BCUT2D eigenvalue weighted by molar-refractivity contribution is 9.09. The van der Waals surface area contributed by atoms with Gasteiger partial charge in [-0.1, -0.05) is 40.6 Å². The number of ether oxygens (including phenoxy) is 3. The van der Waals surface area contributed by atoms with E-state index in [1.165, 1.54) is 12.1 Å². The van der Waals surface area contributed by atoms with Crippen molar-refractivity contribution in [3.63, 3.8) is 0 Å². The maximum Gasteiger partial charge on any atom is 0.205 e. The molecule has 0 aliphatic rings. The molecule has 0 aliphatic carbocycles. The fourth-order valence-corrected chi connectivity index (χ4v) is 3.41. The molecule has 0 saturated heterocycles. The largest absolute Gasteiger partial charge is 0.507 e. The number of phenols is 1. The molecule has 34 heavy (non-hydrogen) atoms. The van der Waals surface area contributed by atoms with Crippen LogP contribution in [0.15, 0.2) is 58.3 Å². The number of alkyl halides is 1. The zero-order valence-corrected chi connectivity index (χ0v) is 21.2. The van der Waals surface area contributed by atoms with E-state index in [1.807, 2.05) is 26.0 Å². The standard InChI is InChI=1S/C27H27BrO6/c1-7-26(3,4)33-17-15-19(29)22-21(16-17)32-24-18(23(22)30)11-12-20(34-27(5,6)8-2)25(24)31-14-10-9-13-28/h1,8-12,15-16,29H,2,13-14H2,3-6H3/b10-9+. The molecule has 0 unspecified atom stereocenters. The van der Waals surface area contributed by atoms with Crippen LogP contribution in [0.4, 0.5) is 0 Å². The normalized spacial score (nSPS) is 12.1. The Kier molecular flexibility index (Phi) is 7.32. The van der Waals surface area contributed by atoms with Gasteiger partial charge in [0.15, 0.2) is 16.9 Å². The minimum absolute atomic E-state index is 0.0311. The molecule has 3 rings (SSSR count). The van der Waals surface area contributed by atoms with E-state index < -0.39 is 16.6 Å². The van der Waals surface area contributed by atoms with Gasteiger partial charge in [0.05, 0.1) is 5.39 Å². The molecule has 1 heterocycles. The Morgan fingerprint density at radius 3 is 2.59 bits per heavy atom. The van der Waals surface area contributed by atoms with Crippen LogP contribution in [0.5, 0.6) is 23.0 Å². The second-order valence-electron chi connectivity index (χ2n) is 8.62. The Morgan fingerprint density at radius 2 is 1.94 bits per heavy atom. The minimum Gasteiger partial charge on any atom is -0.507 e. The smallest absolute Gasteiger partial charge is 0.205 e. The van der Waals surface area contributed by atoms with E-state index in [4.69, 9.17) is 25.1 Å². The van der Waals surface area contributed by atoms with Crippen LogP contribution in [0.3, 0.4) is 0 Å². The highest BCUT2D eigenvalue weighted by Gasteiger charge is 2.24. The Labute approximate surface area is 206 Å². The molecule has 6 nitrogen and oxygen atoms in total. The first kappa shape index (κ1) is 25.3. The van der Waals surface area contributed by atoms with Gasteiger partial charge >= 0.3 is 0 Å². The van der Waals surface area contributed by atoms with Gasteiger partial charge in [0.25, 0.3) is 0 Å². The molecular formula is C27H27BrO6. The number of benzene rings is 2. The lowest BCUT2D eigenvalue weighted by Crippen LogP contribution is -2.25. The van der Waals surface area contributed by atoms with Crippen molar-refractivity contribution in [2.75, 3.05) is 11.9 Å². The summed E-state index contributed by atoms with van der Waals surface area (Å²) in [5, 5.41) is 11.5. The van der Waals surface area contributed by atoms with Crippen LogP contribution in [0.1, 0.15) is 27.7 Å². The number of hydrogen-bond donors (Lipinski definition) is 1. The lowest BCUT2D eigenvalue weighted by Gasteiger charge is -2.24. The van der Waals surface area contributed by atoms with Crippen molar-refractivity contribution in [2.24, 2.45) is 0 Å². The van der Waals surface area contributed by atoms with E-state index in [0.717, 1.165) is 0 Å². The second-order valence-corrected chi connectivity index (χ2v) is 9.27. The Balaban J connectivity index is 2.27. The number of halogens is 1. The van der Waals surface area contributed by atoms with Gasteiger partial charge in [-0.3, -0.25) is 4.79 Å². The van der Waals surface area contributed by atoms with Crippen LogP contribution in [-0.4, -0.2) is 28.2 Å². The van der Waals surface area contributed by atoms with Crippen LogP contribution in [-0.2, 0) is 0 Å². The molecule has 0 atom stereocenters. The fourth-order valence-electron chi connectivity index (χ4n) is 3.14. The lowest BCUT2D eigenvalue weighted by atomic mass is 10.1. The third kappa shape index (κ3) is 5.40. The zero-order chi connectivity index (χ0) is 25.1. The summed E-state index contributed by atoms with van der Waals surface area (Å²) < 4.78 is 24.0. The van der Waals surface area contributed by atoms with Gasteiger partial charge in [0, 0.05) is 17.5 Å². The van der Waals surface area contributed by atoms with Crippen LogP contribution in [0.2, 0.25) is 0 Å². The molecule has 0 saturated carbocycles. The average molecular weight is 527 g/mol. The zero-order valence-electron chi connectivity index (χ0n) is 19.6. The third-order valence-electron chi connectivity index (χ3n) is 4.98. The second kappa shape index (κ2) is 9.86. The predicted octanol–water partition coefficient (Wildman–Crippen LogP) is 6.12. The summed E-state index contributed by atoms with van der Waals surface area (Å²) >= 11 is 3.33.